The van der Waals surface area contributed by atoms with Gasteiger partial charge in [-0.05, 0) is 62.6 Å². The number of pyridine rings is 1. The highest BCUT2D eigenvalue weighted by atomic mass is 16.5. The van der Waals surface area contributed by atoms with E-state index in [0.717, 1.165) is 36.1 Å². The average molecular weight is 462 g/mol. The number of likely N-dealkylation sites (tertiary alicyclic amines) is 1. The van der Waals surface area contributed by atoms with Crippen LogP contribution >= 0.6 is 0 Å². The van der Waals surface area contributed by atoms with Gasteiger partial charge < -0.3 is 20.1 Å². The average Bonchev–Trinajstić information content (AvgIpc) is 2.89. The molecule has 1 atom stereocenters. The lowest BCUT2D eigenvalue weighted by molar-refractivity contribution is 0.0711. The smallest absolute Gasteiger partial charge is 0.253 e. The molecule has 0 bridgehead atoms. The molecule has 4 rings (SSSR count). The van der Waals surface area contributed by atoms with Crippen LogP contribution in [0.25, 0.3) is 11.1 Å². The molecule has 2 aromatic heterocycles. The van der Waals surface area contributed by atoms with Gasteiger partial charge in [-0.2, -0.15) is 5.10 Å². The Balaban J connectivity index is 1.44. The van der Waals surface area contributed by atoms with Crippen LogP contribution in [0, 0.1) is 0 Å². The lowest BCUT2D eigenvalue weighted by Gasteiger charge is -2.31. The molecule has 1 saturated heterocycles. The van der Waals surface area contributed by atoms with E-state index >= 15 is 0 Å². The van der Waals surface area contributed by atoms with Crippen LogP contribution in [0.1, 0.15) is 55.1 Å². The minimum absolute atomic E-state index is 0.00196. The number of aromatic nitrogens is 3. The summed E-state index contributed by atoms with van der Waals surface area (Å²) < 4.78 is 11.4. The predicted molar refractivity (Wildman–Crippen MR) is 131 cm³/mol. The number of amides is 1. The number of hydrogen-bond acceptors (Lipinski definition) is 7. The van der Waals surface area contributed by atoms with Gasteiger partial charge in [0.25, 0.3) is 5.91 Å². The van der Waals surface area contributed by atoms with Gasteiger partial charge in [-0.15, -0.1) is 5.10 Å². The third-order valence-corrected chi connectivity index (χ3v) is 6.30. The summed E-state index contributed by atoms with van der Waals surface area (Å²) in [4.78, 5) is 19.5. The summed E-state index contributed by atoms with van der Waals surface area (Å²) in [7, 11) is 1.61. The molecule has 0 saturated carbocycles. The lowest BCUT2D eigenvalue weighted by Crippen LogP contribution is -2.38. The fourth-order valence-electron chi connectivity index (χ4n) is 4.09. The van der Waals surface area contributed by atoms with Gasteiger partial charge in [-0.3, -0.25) is 4.79 Å². The maximum Gasteiger partial charge on any atom is 0.253 e. The SMILES string of the molecule is CCC(C)Oc1ccc(-c2ccc(C(=O)N3CCC(c4ccc(N)nn4)CC3)cc2OC)cn1. The highest BCUT2D eigenvalue weighted by molar-refractivity contribution is 5.95. The van der Waals surface area contributed by atoms with Crippen molar-refractivity contribution in [3.8, 4) is 22.8 Å². The molecule has 1 unspecified atom stereocenters. The molecule has 2 N–H and O–H groups in total. The van der Waals surface area contributed by atoms with Gasteiger partial charge in [0.05, 0.1) is 18.9 Å². The van der Waals surface area contributed by atoms with Gasteiger partial charge in [-0.25, -0.2) is 4.98 Å². The van der Waals surface area contributed by atoms with Crippen molar-refractivity contribution in [1.82, 2.24) is 20.1 Å². The number of carbonyl (C=O) groups is 1. The van der Waals surface area contributed by atoms with Crippen LogP contribution in [0.3, 0.4) is 0 Å². The number of anilines is 1. The fraction of sp³-hybridized carbons (Fsp3) is 0.385. The third-order valence-electron chi connectivity index (χ3n) is 6.30. The number of hydrogen-bond donors (Lipinski definition) is 1. The minimum atomic E-state index is 0.00196. The summed E-state index contributed by atoms with van der Waals surface area (Å²) in [5.41, 5.74) is 8.95. The van der Waals surface area contributed by atoms with E-state index < -0.39 is 0 Å². The molecule has 1 aromatic carbocycles. The molecule has 34 heavy (non-hydrogen) atoms. The van der Waals surface area contributed by atoms with Crippen LogP contribution in [0.5, 0.6) is 11.6 Å². The van der Waals surface area contributed by atoms with E-state index in [1.165, 1.54) is 0 Å². The van der Waals surface area contributed by atoms with E-state index in [1.807, 2.05) is 42.2 Å². The Morgan fingerprint density at radius 1 is 1.15 bits per heavy atom. The Bertz CT molecular complexity index is 1110. The van der Waals surface area contributed by atoms with Crippen LogP contribution < -0.4 is 15.2 Å². The quantitative estimate of drug-likeness (QED) is 0.559. The zero-order valence-corrected chi connectivity index (χ0v) is 19.9. The van der Waals surface area contributed by atoms with Crippen LogP contribution in [0.4, 0.5) is 5.82 Å². The summed E-state index contributed by atoms with van der Waals surface area (Å²) in [6.07, 6.45) is 4.48. The highest BCUT2D eigenvalue weighted by Gasteiger charge is 2.26. The molecule has 8 heteroatoms. The summed E-state index contributed by atoms with van der Waals surface area (Å²) in [6.45, 7) is 5.43. The molecular formula is C26H31N5O3. The molecular weight excluding hydrogens is 430 g/mol. The van der Waals surface area contributed by atoms with Gasteiger partial charge >= 0.3 is 0 Å². The molecule has 1 fully saturated rings. The topological polar surface area (TPSA) is 103 Å². The first kappa shape index (κ1) is 23.5. The molecule has 178 valence electrons. The van der Waals surface area contributed by atoms with Crippen LogP contribution in [0.15, 0.2) is 48.7 Å². The fourth-order valence-corrected chi connectivity index (χ4v) is 4.09. The number of piperidine rings is 1. The highest BCUT2D eigenvalue weighted by Crippen LogP contribution is 2.33. The first-order chi connectivity index (χ1) is 16.5. The molecule has 8 nitrogen and oxygen atoms in total. The zero-order valence-electron chi connectivity index (χ0n) is 19.9. The van der Waals surface area contributed by atoms with E-state index in [9.17, 15) is 4.79 Å². The molecule has 1 aliphatic heterocycles. The second-order valence-electron chi connectivity index (χ2n) is 8.59. The maximum absolute atomic E-state index is 13.2. The summed E-state index contributed by atoms with van der Waals surface area (Å²) in [6, 6.07) is 13.1. The first-order valence-electron chi connectivity index (χ1n) is 11.7. The normalized spacial score (nSPS) is 15.1. The lowest BCUT2D eigenvalue weighted by atomic mass is 9.93. The molecule has 1 amide bonds. The van der Waals surface area contributed by atoms with Crippen LogP contribution in [-0.2, 0) is 0 Å². The number of methoxy groups -OCH3 is 1. The second kappa shape index (κ2) is 10.5. The van der Waals surface area contributed by atoms with E-state index in [0.29, 0.717) is 36.1 Å². The standard InChI is InChI=1S/C26H31N5O3/c1-4-17(2)34-25-10-6-20(16-28-25)21-7-5-19(15-23(21)33-3)26(32)31-13-11-18(12-14-31)22-8-9-24(27)30-29-22/h5-10,15-18H,4,11-14H2,1-3H3,(H2,27,30). The summed E-state index contributed by atoms with van der Waals surface area (Å²) in [5.74, 6) is 1.93. The van der Waals surface area contributed by atoms with E-state index in [-0.39, 0.29) is 17.9 Å². The molecule has 1 aliphatic rings. The van der Waals surface area contributed by atoms with Gasteiger partial charge in [0.1, 0.15) is 11.6 Å². The third kappa shape index (κ3) is 5.27. The van der Waals surface area contributed by atoms with Gasteiger partial charge in [-0.1, -0.05) is 6.92 Å². The molecule has 0 radical (unpaired) electrons. The number of nitrogens with two attached hydrogens (primary N) is 1. The minimum Gasteiger partial charge on any atom is -0.496 e. The monoisotopic (exact) mass is 461 g/mol. The number of carbonyl (C=O) groups excluding carboxylic acids is 1. The largest absolute Gasteiger partial charge is 0.496 e. The van der Waals surface area contributed by atoms with E-state index in [1.54, 1.807) is 25.4 Å². The number of rotatable bonds is 7. The number of benzene rings is 1. The van der Waals surface area contributed by atoms with Crippen molar-refractivity contribution in [3.63, 3.8) is 0 Å². The molecule has 0 spiro atoms. The van der Waals surface area contributed by atoms with Gasteiger partial charge in [0, 0.05) is 48.0 Å². The summed E-state index contributed by atoms with van der Waals surface area (Å²) in [5, 5.41) is 8.16. The first-order valence-corrected chi connectivity index (χ1v) is 11.7. The number of nitrogen functional groups attached to an aromatic ring is 1. The van der Waals surface area contributed by atoms with Crippen molar-refractivity contribution in [2.24, 2.45) is 0 Å². The Labute approximate surface area is 200 Å². The van der Waals surface area contributed by atoms with Crippen LogP contribution in [0.2, 0.25) is 0 Å². The molecule has 3 heterocycles. The van der Waals surface area contributed by atoms with Crippen molar-refractivity contribution in [2.75, 3.05) is 25.9 Å². The van der Waals surface area contributed by atoms with E-state index in [4.69, 9.17) is 15.2 Å². The Morgan fingerprint density at radius 3 is 2.56 bits per heavy atom. The second-order valence-corrected chi connectivity index (χ2v) is 8.59. The number of nitrogens with zero attached hydrogens (tertiary/aromatic N) is 4. The van der Waals surface area contributed by atoms with Gasteiger partial charge in [0.2, 0.25) is 5.88 Å². The maximum atomic E-state index is 13.2. The predicted octanol–water partition coefficient (Wildman–Crippen LogP) is 4.33. The molecule has 3 aromatic rings. The van der Waals surface area contributed by atoms with E-state index in [2.05, 4.69) is 22.1 Å². The van der Waals surface area contributed by atoms with Crippen molar-refractivity contribution >= 4 is 11.7 Å². The molecule has 0 aliphatic carbocycles. The Morgan fingerprint density at radius 2 is 1.94 bits per heavy atom. The van der Waals surface area contributed by atoms with Crippen molar-refractivity contribution in [2.45, 2.75) is 45.1 Å². The zero-order chi connectivity index (χ0) is 24.1. The van der Waals surface area contributed by atoms with Crippen LogP contribution in [-0.4, -0.2) is 52.3 Å². The number of ether oxygens (including phenoxy) is 2. The van der Waals surface area contributed by atoms with Crippen molar-refractivity contribution in [3.05, 3.63) is 59.9 Å². The Kier molecular flexibility index (Phi) is 7.25. The van der Waals surface area contributed by atoms with Crippen molar-refractivity contribution in [1.29, 1.82) is 0 Å². The van der Waals surface area contributed by atoms with Crippen molar-refractivity contribution < 1.29 is 14.3 Å². The summed E-state index contributed by atoms with van der Waals surface area (Å²) >= 11 is 0. The Hall–Kier alpha value is -3.68. The van der Waals surface area contributed by atoms with Gasteiger partial charge in [0.15, 0.2) is 0 Å².